The van der Waals surface area contributed by atoms with Crippen molar-refractivity contribution in [2.75, 3.05) is 0 Å². The number of hydrogen-bond donors (Lipinski definition) is 0. The molecule has 1 saturated carbocycles. The van der Waals surface area contributed by atoms with Crippen molar-refractivity contribution in [3.8, 4) is 0 Å². The van der Waals surface area contributed by atoms with Crippen molar-refractivity contribution in [1.82, 2.24) is 0 Å². The molecule has 0 aromatic heterocycles. The van der Waals surface area contributed by atoms with E-state index in [1.807, 2.05) is 12.1 Å². The van der Waals surface area contributed by atoms with Crippen LogP contribution in [0.1, 0.15) is 54.7 Å². The van der Waals surface area contributed by atoms with E-state index in [9.17, 15) is 8.78 Å². The third-order valence-corrected chi connectivity index (χ3v) is 4.48. The van der Waals surface area contributed by atoms with Crippen molar-refractivity contribution < 1.29 is 13.6 Å². The molecule has 0 heterocycles. The van der Waals surface area contributed by atoms with E-state index in [0.717, 1.165) is 11.6 Å². The van der Waals surface area contributed by atoms with E-state index in [0.29, 0.717) is 5.92 Å². The van der Waals surface area contributed by atoms with Gasteiger partial charge in [-0.3, -0.25) is 0 Å². The smallest absolute Gasteiger partial charge is 0.165 e. The maximum atomic E-state index is 13.5. The molecule has 0 bridgehead atoms. The highest BCUT2D eigenvalue weighted by Gasteiger charge is 2.14. The Morgan fingerprint density at radius 2 is 1.75 bits per heavy atom. The molecule has 0 spiro atoms. The lowest BCUT2D eigenvalue weighted by Crippen LogP contribution is -2.04. The monoisotopic (exact) mass is 328 g/mol. The molecule has 1 radical (unpaired) electrons. The molecule has 0 amide bonds. The quantitative estimate of drug-likeness (QED) is 0.529. The molecule has 0 aliphatic heterocycles. The van der Waals surface area contributed by atoms with Crippen molar-refractivity contribution in [1.29, 1.82) is 0 Å². The fourth-order valence-corrected chi connectivity index (χ4v) is 3.11. The van der Waals surface area contributed by atoms with Crippen LogP contribution in [-0.2, 0) is 11.4 Å². The first-order chi connectivity index (χ1) is 11.7. The molecule has 2 aromatic carbocycles. The molecule has 1 fully saturated rings. The zero-order valence-corrected chi connectivity index (χ0v) is 13.5. The molecular weight excluding hydrogens is 308 g/mol. The summed E-state index contributed by atoms with van der Waals surface area (Å²) in [6.45, 7) is -0.128. The fraction of sp³-hybridized carbons (Fsp3) is 0.350. The Hall–Kier alpha value is -2.23. The van der Waals surface area contributed by atoms with E-state index in [1.54, 1.807) is 0 Å². The van der Waals surface area contributed by atoms with E-state index in [-0.39, 0.29) is 12.2 Å². The molecule has 0 unspecified atom stereocenters. The van der Waals surface area contributed by atoms with Crippen LogP contribution < -0.4 is 0 Å². The van der Waals surface area contributed by atoms with Crippen molar-refractivity contribution in [2.24, 2.45) is 5.16 Å². The normalized spacial score (nSPS) is 15.8. The minimum absolute atomic E-state index is 0.128. The molecule has 1 aliphatic carbocycles. The van der Waals surface area contributed by atoms with Crippen LogP contribution in [0.4, 0.5) is 8.78 Å². The second-order valence-electron chi connectivity index (χ2n) is 6.15. The summed E-state index contributed by atoms with van der Waals surface area (Å²) in [6.07, 6.45) is 9.26. The lowest BCUT2D eigenvalue weighted by Gasteiger charge is -2.21. The van der Waals surface area contributed by atoms with Gasteiger partial charge < -0.3 is 4.84 Å². The largest absolute Gasteiger partial charge is 0.390 e. The maximum Gasteiger partial charge on any atom is 0.165 e. The Bertz CT molecular complexity index is 691. The highest BCUT2D eigenvalue weighted by atomic mass is 19.2. The highest BCUT2D eigenvalue weighted by Crippen LogP contribution is 2.32. The SMILES string of the molecule is Fc1cccc(CO/N=[C]\c2ccc(C3CCCCC3)cc2)c1F. The van der Waals surface area contributed by atoms with Crippen LogP contribution in [0.15, 0.2) is 47.6 Å². The highest BCUT2D eigenvalue weighted by molar-refractivity contribution is 5.79. The first-order valence-electron chi connectivity index (χ1n) is 8.35. The zero-order valence-electron chi connectivity index (χ0n) is 13.5. The molecule has 125 valence electrons. The molecule has 0 N–H and O–H groups in total. The second kappa shape index (κ2) is 8.04. The lowest BCUT2D eigenvalue weighted by molar-refractivity contribution is 0.129. The topological polar surface area (TPSA) is 21.6 Å². The minimum Gasteiger partial charge on any atom is -0.390 e. The van der Waals surface area contributed by atoms with Crippen molar-refractivity contribution in [3.63, 3.8) is 0 Å². The van der Waals surface area contributed by atoms with Crippen LogP contribution >= 0.6 is 0 Å². The van der Waals surface area contributed by atoms with Gasteiger partial charge in [-0.2, -0.15) is 0 Å². The average Bonchev–Trinajstić information content (AvgIpc) is 2.63. The van der Waals surface area contributed by atoms with Gasteiger partial charge >= 0.3 is 0 Å². The van der Waals surface area contributed by atoms with E-state index in [2.05, 4.69) is 23.5 Å². The summed E-state index contributed by atoms with van der Waals surface area (Å²) in [7, 11) is 0. The van der Waals surface area contributed by atoms with E-state index in [4.69, 9.17) is 4.84 Å². The van der Waals surface area contributed by atoms with Crippen LogP contribution in [0.3, 0.4) is 0 Å². The number of nitrogens with zero attached hydrogens (tertiary/aromatic N) is 1. The second-order valence-corrected chi connectivity index (χ2v) is 6.15. The summed E-state index contributed by atoms with van der Waals surface area (Å²) >= 11 is 0. The molecular formula is C20H20F2NO. The molecule has 1 aliphatic rings. The fourth-order valence-electron chi connectivity index (χ4n) is 3.11. The molecule has 3 rings (SSSR count). The summed E-state index contributed by atoms with van der Waals surface area (Å²) in [5, 5.41) is 3.71. The first-order valence-corrected chi connectivity index (χ1v) is 8.35. The Kier molecular flexibility index (Phi) is 5.57. The van der Waals surface area contributed by atoms with Gasteiger partial charge in [-0.05, 0) is 30.4 Å². The summed E-state index contributed by atoms with van der Waals surface area (Å²) in [4.78, 5) is 5.01. The van der Waals surface area contributed by atoms with Gasteiger partial charge in [-0.1, -0.05) is 60.8 Å². The van der Waals surface area contributed by atoms with Crippen molar-refractivity contribution in [3.05, 3.63) is 70.8 Å². The van der Waals surface area contributed by atoms with Crippen LogP contribution in [0.5, 0.6) is 0 Å². The Labute approximate surface area is 141 Å². The molecule has 24 heavy (non-hydrogen) atoms. The van der Waals surface area contributed by atoms with Crippen LogP contribution in [0.25, 0.3) is 0 Å². The Morgan fingerprint density at radius 1 is 1.00 bits per heavy atom. The summed E-state index contributed by atoms with van der Waals surface area (Å²) in [5.74, 6) is -1.12. The number of hydrogen-bond acceptors (Lipinski definition) is 2. The van der Waals surface area contributed by atoms with Crippen LogP contribution in [0.2, 0.25) is 0 Å². The van der Waals surface area contributed by atoms with Gasteiger partial charge in [0.05, 0.1) is 0 Å². The number of rotatable bonds is 5. The van der Waals surface area contributed by atoms with E-state index >= 15 is 0 Å². The lowest BCUT2D eigenvalue weighted by atomic mass is 9.84. The maximum absolute atomic E-state index is 13.5. The molecule has 0 atom stereocenters. The molecule has 0 saturated heterocycles. The number of benzene rings is 2. The Balaban J connectivity index is 1.54. The summed E-state index contributed by atoms with van der Waals surface area (Å²) in [6, 6.07) is 12.1. The Morgan fingerprint density at radius 3 is 2.50 bits per heavy atom. The van der Waals surface area contributed by atoms with Crippen LogP contribution in [-0.4, -0.2) is 6.21 Å². The zero-order chi connectivity index (χ0) is 16.8. The average molecular weight is 328 g/mol. The third-order valence-electron chi connectivity index (χ3n) is 4.48. The number of halogens is 2. The third kappa shape index (κ3) is 4.19. The van der Waals surface area contributed by atoms with Gasteiger partial charge in [0.15, 0.2) is 11.6 Å². The van der Waals surface area contributed by atoms with Crippen LogP contribution in [0, 0.1) is 11.6 Å². The molecule has 4 heteroatoms. The van der Waals surface area contributed by atoms with E-state index < -0.39 is 11.6 Å². The van der Waals surface area contributed by atoms with Gasteiger partial charge in [0.1, 0.15) is 12.8 Å². The van der Waals surface area contributed by atoms with Gasteiger partial charge in [0.2, 0.25) is 0 Å². The van der Waals surface area contributed by atoms with Gasteiger partial charge in [0.25, 0.3) is 0 Å². The van der Waals surface area contributed by atoms with E-state index in [1.165, 1.54) is 49.8 Å². The van der Waals surface area contributed by atoms with Gasteiger partial charge in [-0.25, -0.2) is 8.78 Å². The minimum atomic E-state index is -0.899. The predicted molar refractivity (Wildman–Crippen MR) is 90.0 cm³/mol. The van der Waals surface area contributed by atoms with Gasteiger partial charge in [-0.15, -0.1) is 0 Å². The first kappa shape index (κ1) is 16.6. The molecule has 2 nitrogen and oxygen atoms in total. The molecule has 2 aromatic rings. The standard InChI is InChI=1S/C20H20F2NO/c21-19-8-4-7-18(20(19)22)14-24-23-13-15-9-11-17(12-10-15)16-5-2-1-3-6-16/h4,7-12,16H,1-3,5-6,14H2. The predicted octanol–water partition coefficient (Wildman–Crippen LogP) is 5.44. The van der Waals surface area contributed by atoms with Crippen molar-refractivity contribution >= 4 is 6.21 Å². The van der Waals surface area contributed by atoms with Crippen molar-refractivity contribution in [2.45, 2.75) is 44.6 Å². The summed E-state index contributed by atoms with van der Waals surface area (Å²) in [5.41, 5.74) is 2.30. The van der Waals surface area contributed by atoms with Gasteiger partial charge in [0, 0.05) is 11.1 Å². The summed E-state index contributed by atoms with van der Waals surface area (Å²) < 4.78 is 26.5.